The van der Waals surface area contributed by atoms with Gasteiger partial charge in [-0.15, -0.1) is 0 Å². The molecule has 0 aliphatic heterocycles. The Hall–Kier alpha value is -0.660. The van der Waals surface area contributed by atoms with Crippen LogP contribution in [0.25, 0.3) is 0 Å². The molecule has 4 unspecified atom stereocenters. The zero-order valence-electron chi connectivity index (χ0n) is 21.9. The number of carbonyl (C=O) groups excluding carboxylic acids is 2. The predicted octanol–water partition coefficient (Wildman–Crippen LogP) is 7.49. The van der Waals surface area contributed by atoms with Gasteiger partial charge in [-0.2, -0.15) is 0 Å². The van der Waals surface area contributed by atoms with Crippen molar-refractivity contribution in [1.29, 1.82) is 0 Å². The lowest BCUT2D eigenvalue weighted by Gasteiger charge is -2.72. The minimum absolute atomic E-state index is 0.0390. The molecule has 0 spiro atoms. The largest absolute Gasteiger partial charge is 0.303 e. The first-order chi connectivity index (χ1) is 14.9. The van der Waals surface area contributed by atoms with Gasteiger partial charge >= 0.3 is 0 Å². The van der Waals surface area contributed by atoms with Crippen molar-refractivity contribution in [2.45, 2.75) is 113 Å². The monoisotopic (exact) mass is 440 g/mol. The number of Topliss-reactive ketones (excluding diaryl/α,β-unsaturated/α-hetero) is 1. The first-order valence-corrected chi connectivity index (χ1v) is 13.9. The van der Waals surface area contributed by atoms with Crippen LogP contribution in [0.15, 0.2) is 0 Å². The Morgan fingerprint density at radius 1 is 0.812 bits per heavy atom. The van der Waals surface area contributed by atoms with Gasteiger partial charge in [-0.25, -0.2) is 0 Å². The van der Waals surface area contributed by atoms with Crippen LogP contribution in [0.5, 0.6) is 0 Å². The number of carbonyl (C=O) groups is 2. The number of rotatable bonds is 2. The SMILES string of the molecule is CC(C)[C@@H]1CC[C@]2(C=O)CC[C@]3(C)C(CCC4[C@@]5(C)CCC(=O)C(C)(C)C5CC[C@]43C)C12. The Kier molecular flexibility index (Phi) is 5.01. The molecule has 0 saturated heterocycles. The van der Waals surface area contributed by atoms with Crippen molar-refractivity contribution in [3.63, 3.8) is 0 Å². The fourth-order valence-electron chi connectivity index (χ4n) is 11.5. The van der Waals surface area contributed by atoms with Gasteiger partial charge in [0.2, 0.25) is 0 Å². The molecule has 5 rings (SSSR count). The van der Waals surface area contributed by atoms with Crippen molar-refractivity contribution in [3.05, 3.63) is 0 Å². The normalized spacial score (nSPS) is 54.4. The molecule has 2 heteroatoms. The number of aldehydes is 1. The average molecular weight is 441 g/mol. The highest BCUT2D eigenvalue weighted by Gasteiger charge is 2.70. The molecule has 0 N–H and O–H groups in total. The minimum atomic E-state index is -0.167. The molecule has 5 aliphatic rings. The van der Waals surface area contributed by atoms with E-state index < -0.39 is 0 Å². The number of ketones is 1. The smallest absolute Gasteiger partial charge is 0.138 e. The Morgan fingerprint density at radius 3 is 2.19 bits per heavy atom. The van der Waals surface area contributed by atoms with Crippen LogP contribution in [0.2, 0.25) is 0 Å². The molecule has 32 heavy (non-hydrogen) atoms. The summed E-state index contributed by atoms with van der Waals surface area (Å²) in [6, 6.07) is 0. The molecule has 0 heterocycles. The third-order valence-corrected chi connectivity index (χ3v) is 13.4. The summed E-state index contributed by atoms with van der Waals surface area (Å²) in [5.41, 5.74) is 0.730. The van der Waals surface area contributed by atoms with Gasteiger partial charge in [0, 0.05) is 17.3 Å². The van der Waals surface area contributed by atoms with Crippen molar-refractivity contribution in [2.24, 2.45) is 62.6 Å². The Bertz CT molecular complexity index is 812. The van der Waals surface area contributed by atoms with Gasteiger partial charge in [0.15, 0.2) is 0 Å². The van der Waals surface area contributed by atoms with Crippen LogP contribution in [0, 0.1) is 62.6 Å². The number of hydrogen-bond donors (Lipinski definition) is 0. The Balaban J connectivity index is 1.56. The van der Waals surface area contributed by atoms with E-state index in [4.69, 9.17) is 0 Å². The summed E-state index contributed by atoms with van der Waals surface area (Å²) >= 11 is 0. The van der Waals surface area contributed by atoms with E-state index in [9.17, 15) is 9.59 Å². The van der Waals surface area contributed by atoms with Gasteiger partial charge in [-0.3, -0.25) is 4.79 Å². The maximum Gasteiger partial charge on any atom is 0.138 e. The topological polar surface area (TPSA) is 34.1 Å². The third-order valence-electron chi connectivity index (χ3n) is 13.4. The summed E-state index contributed by atoms with van der Waals surface area (Å²) in [5, 5.41) is 0. The Morgan fingerprint density at radius 2 is 1.53 bits per heavy atom. The summed E-state index contributed by atoms with van der Waals surface area (Å²) in [5.74, 6) is 4.41. The van der Waals surface area contributed by atoms with Gasteiger partial charge in [0.25, 0.3) is 0 Å². The van der Waals surface area contributed by atoms with E-state index in [0.29, 0.717) is 52.1 Å². The van der Waals surface area contributed by atoms with Crippen molar-refractivity contribution >= 4 is 12.1 Å². The maximum atomic E-state index is 12.9. The zero-order valence-corrected chi connectivity index (χ0v) is 21.9. The number of hydrogen-bond acceptors (Lipinski definition) is 2. The summed E-state index contributed by atoms with van der Waals surface area (Å²) in [6.45, 7) is 17.2. The average Bonchev–Trinajstić information content (AvgIpc) is 3.12. The lowest BCUT2D eigenvalue weighted by atomic mass is 9.32. The highest BCUT2D eigenvalue weighted by Crippen LogP contribution is 2.77. The minimum Gasteiger partial charge on any atom is -0.303 e. The highest BCUT2D eigenvalue weighted by atomic mass is 16.1. The van der Waals surface area contributed by atoms with E-state index in [2.05, 4.69) is 48.5 Å². The third kappa shape index (κ3) is 2.59. The summed E-state index contributed by atoms with van der Waals surface area (Å²) in [4.78, 5) is 25.5. The molecule has 5 aliphatic carbocycles. The second kappa shape index (κ2) is 6.94. The molecule has 0 aromatic heterocycles. The van der Waals surface area contributed by atoms with E-state index >= 15 is 0 Å². The molecule has 0 radical (unpaired) electrons. The molecule has 5 fully saturated rings. The van der Waals surface area contributed by atoms with E-state index in [1.165, 1.54) is 44.8 Å². The van der Waals surface area contributed by atoms with Gasteiger partial charge < -0.3 is 4.79 Å². The van der Waals surface area contributed by atoms with E-state index in [1.54, 1.807) is 0 Å². The quantitative estimate of drug-likeness (QED) is 0.417. The first kappa shape index (κ1) is 23.1. The summed E-state index contributed by atoms with van der Waals surface area (Å²) in [6.07, 6.45) is 13.1. The van der Waals surface area contributed by atoms with Crippen LogP contribution in [-0.2, 0) is 9.59 Å². The van der Waals surface area contributed by atoms with Crippen LogP contribution in [0.4, 0.5) is 0 Å². The molecular formula is C30H48O2. The Labute approximate surface area is 197 Å². The molecule has 2 nitrogen and oxygen atoms in total. The van der Waals surface area contributed by atoms with Gasteiger partial charge in [0.05, 0.1) is 0 Å². The van der Waals surface area contributed by atoms with Crippen LogP contribution >= 0.6 is 0 Å². The lowest BCUT2D eigenvalue weighted by Crippen LogP contribution is -2.66. The molecule has 0 aromatic rings. The van der Waals surface area contributed by atoms with E-state index in [1.807, 2.05) is 0 Å². The summed E-state index contributed by atoms with van der Waals surface area (Å²) < 4.78 is 0. The first-order valence-electron chi connectivity index (χ1n) is 13.9. The fraction of sp³-hybridized carbons (Fsp3) is 0.933. The zero-order chi connectivity index (χ0) is 23.3. The number of fused-ring (bicyclic) bond motifs is 7. The standard InChI is InChI=1S/C30H48O2/c1-19(2)20-10-15-30(18-31)17-16-28(6)21(25(20)30)8-9-23-27(5)13-12-24(32)26(3,4)22(27)11-14-29(23,28)7/h18-23,25H,8-17H2,1-7H3/t20-,21?,22?,23?,25?,27-,28+,29+,30+/m0/s1. The molecule has 0 bridgehead atoms. The van der Waals surface area contributed by atoms with Crippen LogP contribution in [-0.4, -0.2) is 12.1 Å². The van der Waals surface area contributed by atoms with E-state index in [0.717, 1.165) is 25.7 Å². The molecule has 0 aromatic carbocycles. The highest BCUT2D eigenvalue weighted by molar-refractivity contribution is 5.85. The van der Waals surface area contributed by atoms with Crippen molar-refractivity contribution < 1.29 is 9.59 Å². The summed E-state index contributed by atoms with van der Waals surface area (Å²) in [7, 11) is 0. The van der Waals surface area contributed by atoms with Gasteiger partial charge in [0.1, 0.15) is 12.1 Å². The van der Waals surface area contributed by atoms with Crippen molar-refractivity contribution in [1.82, 2.24) is 0 Å². The molecule has 9 atom stereocenters. The molecule has 5 saturated carbocycles. The lowest BCUT2D eigenvalue weighted by molar-refractivity contribution is -0.233. The van der Waals surface area contributed by atoms with Crippen molar-refractivity contribution in [2.75, 3.05) is 0 Å². The molecule has 180 valence electrons. The molecular weight excluding hydrogens is 392 g/mol. The van der Waals surface area contributed by atoms with Crippen molar-refractivity contribution in [3.8, 4) is 0 Å². The van der Waals surface area contributed by atoms with E-state index in [-0.39, 0.29) is 16.2 Å². The second-order valence-electron chi connectivity index (χ2n) is 14.6. The van der Waals surface area contributed by atoms with Crippen LogP contribution in [0.1, 0.15) is 113 Å². The van der Waals surface area contributed by atoms with Crippen LogP contribution < -0.4 is 0 Å². The maximum absolute atomic E-state index is 12.9. The second-order valence-corrected chi connectivity index (χ2v) is 14.6. The van der Waals surface area contributed by atoms with Crippen LogP contribution in [0.3, 0.4) is 0 Å². The predicted molar refractivity (Wildman–Crippen MR) is 130 cm³/mol. The van der Waals surface area contributed by atoms with Gasteiger partial charge in [-0.05, 0) is 110 Å². The molecule has 0 amide bonds. The fourth-order valence-corrected chi connectivity index (χ4v) is 11.5. The van der Waals surface area contributed by atoms with Gasteiger partial charge in [-0.1, -0.05) is 48.5 Å².